The molecule has 0 aromatic heterocycles. The van der Waals surface area contributed by atoms with E-state index in [0.717, 1.165) is 12.1 Å². The summed E-state index contributed by atoms with van der Waals surface area (Å²) in [7, 11) is 0. The van der Waals surface area contributed by atoms with Crippen molar-refractivity contribution < 1.29 is 46.8 Å². The highest BCUT2D eigenvalue weighted by Gasteiger charge is 2.30. The highest BCUT2D eigenvalue weighted by molar-refractivity contribution is 5.96. The fourth-order valence-electron chi connectivity index (χ4n) is 2.67. The van der Waals surface area contributed by atoms with E-state index in [2.05, 4.69) is 5.32 Å². The molecule has 2 rings (SSSR count). The first-order valence-corrected chi connectivity index (χ1v) is 10.4. The van der Waals surface area contributed by atoms with Crippen molar-refractivity contribution in [3.05, 3.63) is 59.7 Å². The summed E-state index contributed by atoms with van der Waals surface area (Å²) in [6, 6.07) is 11.0. The molecule has 2 aromatic carbocycles. The number of rotatable bonds is 15. The van der Waals surface area contributed by atoms with Gasteiger partial charge in [0.2, 0.25) is 0 Å². The third kappa shape index (κ3) is 10.2. The number of hydrogen-bond donors (Lipinski definition) is 2. The molecule has 0 heterocycles. The summed E-state index contributed by atoms with van der Waals surface area (Å²) in [6.07, 6.45) is -4.54. The Morgan fingerprint density at radius 3 is 2.09 bits per heavy atom. The van der Waals surface area contributed by atoms with Gasteiger partial charge in [0.05, 0.1) is 62.9 Å². The molecule has 186 valence electrons. The highest BCUT2D eigenvalue weighted by Crippen LogP contribution is 2.32. The van der Waals surface area contributed by atoms with Gasteiger partial charge in [0.25, 0.3) is 0 Å². The van der Waals surface area contributed by atoms with Crippen LogP contribution in [0.15, 0.2) is 48.5 Å². The van der Waals surface area contributed by atoms with E-state index in [1.54, 1.807) is 18.2 Å². The van der Waals surface area contributed by atoms with Crippen LogP contribution in [0.1, 0.15) is 22.3 Å². The maximum Gasteiger partial charge on any atom is 0.416 e. The van der Waals surface area contributed by atoms with Crippen molar-refractivity contribution in [2.45, 2.75) is 12.6 Å². The van der Waals surface area contributed by atoms with E-state index >= 15 is 0 Å². The van der Waals surface area contributed by atoms with Gasteiger partial charge < -0.3 is 29.4 Å². The molecule has 0 bridgehead atoms. The van der Waals surface area contributed by atoms with Gasteiger partial charge in [-0.2, -0.15) is 13.2 Å². The molecule has 2 N–H and O–H groups in total. The molecule has 0 aliphatic heterocycles. The summed E-state index contributed by atoms with van der Waals surface area (Å²) in [5.41, 5.74) is -0.132. The average molecular weight is 485 g/mol. The molecular formula is C23H26F3NO7. The van der Waals surface area contributed by atoms with Gasteiger partial charge >= 0.3 is 18.1 Å². The zero-order chi connectivity index (χ0) is 24.8. The number of benzene rings is 2. The van der Waals surface area contributed by atoms with Crippen LogP contribution >= 0.6 is 0 Å². The lowest BCUT2D eigenvalue weighted by Gasteiger charge is -2.13. The third-order valence-corrected chi connectivity index (χ3v) is 4.28. The van der Waals surface area contributed by atoms with Crippen molar-refractivity contribution >= 4 is 23.3 Å². The van der Waals surface area contributed by atoms with Gasteiger partial charge in [-0.15, -0.1) is 0 Å². The Hall–Kier alpha value is -3.15. The Kier molecular flexibility index (Phi) is 11.3. The number of hydrogen-bond acceptors (Lipinski definition) is 7. The minimum absolute atomic E-state index is 0.0188. The molecule has 0 atom stereocenters. The number of carbonyl (C=O) groups excluding carboxylic acids is 1. The van der Waals surface area contributed by atoms with E-state index in [4.69, 9.17) is 24.1 Å². The molecule has 0 unspecified atom stereocenters. The number of carboxylic acid groups (broad SMARTS) is 1. The van der Waals surface area contributed by atoms with Gasteiger partial charge in [-0.3, -0.25) is 4.79 Å². The first-order chi connectivity index (χ1) is 16.3. The molecule has 0 aliphatic rings. The zero-order valence-corrected chi connectivity index (χ0v) is 18.3. The van der Waals surface area contributed by atoms with Crippen LogP contribution in [0, 0.1) is 0 Å². The van der Waals surface area contributed by atoms with Crippen molar-refractivity contribution in [1.29, 1.82) is 0 Å². The number of nitrogens with one attached hydrogen (secondary N) is 1. The Bertz CT molecular complexity index is 921. The minimum atomic E-state index is -4.48. The van der Waals surface area contributed by atoms with Crippen molar-refractivity contribution in [1.82, 2.24) is 0 Å². The summed E-state index contributed by atoms with van der Waals surface area (Å²) in [4.78, 5) is 22.7. The van der Waals surface area contributed by atoms with E-state index in [1.165, 1.54) is 18.2 Å². The number of halogens is 3. The Labute approximate surface area is 194 Å². The van der Waals surface area contributed by atoms with Crippen LogP contribution < -0.4 is 5.32 Å². The molecule has 11 heteroatoms. The first-order valence-electron chi connectivity index (χ1n) is 10.4. The molecule has 8 nitrogen and oxygen atoms in total. The van der Waals surface area contributed by atoms with E-state index in [0.29, 0.717) is 18.9 Å². The van der Waals surface area contributed by atoms with E-state index in [-0.39, 0.29) is 50.7 Å². The molecule has 34 heavy (non-hydrogen) atoms. The molecule has 0 fully saturated rings. The number of ether oxygens (including phenoxy) is 4. The lowest BCUT2D eigenvalue weighted by molar-refractivity contribution is -0.139. The van der Waals surface area contributed by atoms with E-state index in [1.807, 2.05) is 0 Å². The predicted molar refractivity (Wildman–Crippen MR) is 116 cm³/mol. The number of esters is 1. The predicted octanol–water partition coefficient (Wildman–Crippen LogP) is 4.13. The lowest BCUT2D eigenvalue weighted by Crippen LogP contribution is -2.15. The van der Waals surface area contributed by atoms with Crippen LogP contribution in [0.2, 0.25) is 0 Å². The van der Waals surface area contributed by atoms with Crippen LogP contribution in [0.3, 0.4) is 0 Å². The quantitative estimate of drug-likeness (QED) is 0.287. The Morgan fingerprint density at radius 1 is 0.824 bits per heavy atom. The van der Waals surface area contributed by atoms with Crippen LogP contribution in [0.4, 0.5) is 24.5 Å². The maximum atomic E-state index is 12.9. The number of carboxylic acids is 1. The van der Waals surface area contributed by atoms with Crippen molar-refractivity contribution in [3.63, 3.8) is 0 Å². The van der Waals surface area contributed by atoms with E-state index in [9.17, 15) is 22.8 Å². The number of carbonyl (C=O) groups is 2. The molecule has 0 amide bonds. The number of aliphatic carboxylic acids is 1. The fraction of sp³-hybridized carbons (Fsp3) is 0.391. The molecule has 0 aliphatic carbocycles. The summed E-state index contributed by atoms with van der Waals surface area (Å²) in [5, 5.41) is 11.3. The Morgan fingerprint density at radius 2 is 1.44 bits per heavy atom. The Balaban J connectivity index is 1.69. The average Bonchev–Trinajstić information content (AvgIpc) is 2.79. The van der Waals surface area contributed by atoms with Crippen molar-refractivity contribution in [2.75, 3.05) is 51.6 Å². The molecular weight excluding hydrogens is 459 g/mol. The summed E-state index contributed by atoms with van der Waals surface area (Å²) >= 11 is 0. The van der Waals surface area contributed by atoms with Crippen LogP contribution in [0.25, 0.3) is 0 Å². The van der Waals surface area contributed by atoms with Gasteiger partial charge in [0, 0.05) is 5.69 Å². The summed E-state index contributed by atoms with van der Waals surface area (Å²) in [6.45, 7) is 1.37. The fourth-order valence-corrected chi connectivity index (χ4v) is 2.67. The van der Waals surface area contributed by atoms with Gasteiger partial charge in [0.1, 0.15) is 6.61 Å². The van der Waals surface area contributed by atoms with Crippen LogP contribution in [0.5, 0.6) is 0 Å². The van der Waals surface area contributed by atoms with Gasteiger partial charge in [-0.25, -0.2) is 4.79 Å². The number of alkyl halides is 3. The SMILES string of the molecule is O=C(O)CCOCCOCCOCCOC(=O)c1ccccc1Nc1cccc(C(F)(F)F)c1. The largest absolute Gasteiger partial charge is 0.481 e. The minimum Gasteiger partial charge on any atom is -0.481 e. The standard InChI is InChI=1S/C23H26F3NO7/c24-23(25,26)17-4-3-5-18(16-17)27-20-7-2-1-6-19(20)22(30)34-15-14-33-13-12-32-11-10-31-9-8-21(28)29/h1-7,16,27H,8-15H2,(H,28,29). The smallest absolute Gasteiger partial charge is 0.416 e. The lowest BCUT2D eigenvalue weighted by atomic mass is 10.1. The molecule has 0 saturated carbocycles. The van der Waals surface area contributed by atoms with Crippen LogP contribution in [-0.4, -0.2) is 63.3 Å². The monoisotopic (exact) mass is 485 g/mol. The molecule has 0 radical (unpaired) electrons. The second-order valence-corrected chi connectivity index (χ2v) is 6.87. The second-order valence-electron chi connectivity index (χ2n) is 6.87. The molecule has 0 spiro atoms. The normalized spacial score (nSPS) is 11.3. The second kappa shape index (κ2) is 14.2. The van der Waals surface area contributed by atoms with Gasteiger partial charge in [-0.1, -0.05) is 18.2 Å². The van der Waals surface area contributed by atoms with Crippen LogP contribution in [-0.2, 0) is 29.9 Å². The zero-order valence-electron chi connectivity index (χ0n) is 18.3. The molecule has 0 saturated heterocycles. The molecule has 2 aromatic rings. The van der Waals surface area contributed by atoms with Crippen molar-refractivity contribution in [2.24, 2.45) is 0 Å². The van der Waals surface area contributed by atoms with Gasteiger partial charge in [-0.05, 0) is 30.3 Å². The van der Waals surface area contributed by atoms with Crippen molar-refractivity contribution in [3.8, 4) is 0 Å². The van der Waals surface area contributed by atoms with Gasteiger partial charge in [0.15, 0.2) is 0 Å². The number of para-hydroxylation sites is 1. The third-order valence-electron chi connectivity index (χ3n) is 4.28. The maximum absolute atomic E-state index is 12.9. The number of anilines is 2. The van der Waals surface area contributed by atoms with E-state index < -0.39 is 23.7 Å². The topological polar surface area (TPSA) is 103 Å². The first kappa shape index (κ1) is 27.1. The highest BCUT2D eigenvalue weighted by atomic mass is 19.4. The summed E-state index contributed by atoms with van der Waals surface area (Å²) < 4.78 is 59.6. The summed E-state index contributed by atoms with van der Waals surface area (Å²) in [5.74, 6) is -1.57.